The fourth-order valence-electron chi connectivity index (χ4n) is 3.84. The highest BCUT2D eigenvalue weighted by atomic mass is 35.5. The normalized spacial score (nSPS) is 13.8. The maximum atomic E-state index is 13.4. The molecular formula is C23H21ClN4O2. The summed E-state index contributed by atoms with van der Waals surface area (Å²) < 4.78 is 4.69. The van der Waals surface area contributed by atoms with Gasteiger partial charge >= 0.3 is 5.69 Å². The number of hydrogen-bond donors (Lipinski definition) is 0. The Bertz CT molecular complexity index is 1380. The van der Waals surface area contributed by atoms with Crippen LogP contribution in [0, 0.1) is 12.8 Å². The SMILES string of the molecule is Cc1ccccc1Cn1cnc2c1c(=O)n(CC1CC1)c(=O)n2-c1cccc(Cl)c1. The average Bonchev–Trinajstić information content (AvgIpc) is 3.46. The van der Waals surface area contributed by atoms with Crippen molar-refractivity contribution < 1.29 is 0 Å². The second kappa shape index (κ2) is 7.29. The van der Waals surface area contributed by atoms with E-state index in [-0.39, 0.29) is 11.2 Å². The third-order valence-corrected chi connectivity index (χ3v) is 5.94. The molecule has 1 fully saturated rings. The van der Waals surface area contributed by atoms with Crippen molar-refractivity contribution in [2.75, 3.05) is 0 Å². The number of aromatic nitrogens is 4. The van der Waals surface area contributed by atoms with E-state index in [1.165, 1.54) is 9.13 Å². The van der Waals surface area contributed by atoms with Crippen molar-refractivity contribution in [2.45, 2.75) is 32.9 Å². The second-order valence-corrected chi connectivity index (χ2v) is 8.36. The van der Waals surface area contributed by atoms with Gasteiger partial charge in [0.15, 0.2) is 11.2 Å². The zero-order valence-corrected chi connectivity index (χ0v) is 17.3. The van der Waals surface area contributed by atoms with Crippen molar-refractivity contribution in [3.63, 3.8) is 0 Å². The van der Waals surface area contributed by atoms with E-state index in [2.05, 4.69) is 4.98 Å². The van der Waals surface area contributed by atoms with Crippen molar-refractivity contribution in [1.29, 1.82) is 0 Å². The van der Waals surface area contributed by atoms with Crippen LogP contribution in [-0.4, -0.2) is 18.7 Å². The molecule has 0 bridgehead atoms. The summed E-state index contributed by atoms with van der Waals surface area (Å²) in [6.45, 7) is 2.99. The molecule has 0 N–H and O–H groups in total. The molecule has 0 aliphatic heterocycles. The number of rotatable bonds is 5. The third-order valence-electron chi connectivity index (χ3n) is 5.71. The summed E-state index contributed by atoms with van der Waals surface area (Å²) in [4.78, 5) is 31.2. The molecule has 2 aromatic heterocycles. The molecule has 0 atom stereocenters. The van der Waals surface area contributed by atoms with E-state index in [0.717, 1.165) is 24.0 Å². The summed E-state index contributed by atoms with van der Waals surface area (Å²) in [6, 6.07) is 15.1. The topological polar surface area (TPSA) is 61.8 Å². The van der Waals surface area contributed by atoms with Crippen molar-refractivity contribution in [3.8, 4) is 5.69 Å². The molecule has 2 heterocycles. The van der Waals surface area contributed by atoms with E-state index in [9.17, 15) is 9.59 Å². The molecule has 1 aliphatic carbocycles. The standard InChI is InChI=1S/C23H21ClN4O2/c1-15-5-2-3-6-17(15)13-26-14-25-21-20(26)22(29)27(12-16-9-10-16)23(30)28(21)19-8-4-7-18(24)11-19/h2-8,11,14,16H,9-10,12-13H2,1H3. The van der Waals surface area contributed by atoms with Crippen LogP contribution in [0.3, 0.4) is 0 Å². The van der Waals surface area contributed by atoms with E-state index >= 15 is 0 Å². The molecule has 5 rings (SSSR count). The molecule has 152 valence electrons. The fourth-order valence-corrected chi connectivity index (χ4v) is 4.02. The summed E-state index contributed by atoms with van der Waals surface area (Å²) in [5, 5.41) is 0.520. The van der Waals surface area contributed by atoms with Gasteiger partial charge < -0.3 is 4.57 Å². The Kier molecular flexibility index (Phi) is 4.59. The molecule has 0 radical (unpaired) electrons. The van der Waals surface area contributed by atoms with Gasteiger partial charge in [-0.1, -0.05) is 41.9 Å². The van der Waals surface area contributed by atoms with Crippen molar-refractivity contribution in [2.24, 2.45) is 5.92 Å². The van der Waals surface area contributed by atoms with E-state index in [0.29, 0.717) is 40.9 Å². The first-order valence-electron chi connectivity index (χ1n) is 10.0. The van der Waals surface area contributed by atoms with Gasteiger partial charge in [-0.15, -0.1) is 0 Å². The van der Waals surface area contributed by atoms with Gasteiger partial charge in [-0.2, -0.15) is 0 Å². The Hall–Kier alpha value is -3.12. The second-order valence-electron chi connectivity index (χ2n) is 7.93. The van der Waals surface area contributed by atoms with Crippen LogP contribution >= 0.6 is 11.6 Å². The van der Waals surface area contributed by atoms with Crippen molar-refractivity contribution in [1.82, 2.24) is 18.7 Å². The molecule has 0 spiro atoms. The Morgan fingerprint density at radius 3 is 2.63 bits per heavy atom. The molecule has 0 unspecified atom stereocenters. The summed E-state index contributed by atoms with van der Waals surface area (Å²) in [5.41, 5.74) is 2.97. The maximum absolute atomic E-state index is 13.4. The Labute approximate surface area is 178 Å². The molecule has 6 nitrogen and oxygen atoms in total. The van der Waals surface area contributed by atoms with Crippen LogP contribution < -0.4 is 11.2 Å². The lowest BCUT2D eigenvalue weighted by Crippen LogP contribution is -2.40. The third kappa shape index (κ3) is 3.27. The van der Waals surface area contributed by atoms with Gasteiger partial charge in [0.05, 0.1) is 12.0 Å². The molecule has 4 aromatic rings. The Balaban J connectivity index is 1.77. The number of halogens is 1. The Morgan fingerprint density at radius 2 is 1.90 bits per heavy atom. The minimum atomic E-state index is -0.372. The van der Waals surface area contributed by atoms with Crippen LogP contribution in [0.25, 0.3) is 16.9 Å². The number of benzene rings is 2. The average molecular weight is 421 g/mol. The molecule has 7 heteroatoms. The quantitative estimate of drug-likeness (QED) is 0.493. The minimum absolute atomic E-state index is 0.286. The zero-order chi connectivity index (χ0) is 20.8. The lowest BCUT2D eigenvalue weighted by molar-refractivity contribution is 0.567. The highest BCUT2D eigenvalue weighted by Gasteiger charge is 2.26. The maximum Gasteiger partial charge on any atom is 0.337 e. The minimum Gasteiger partial charge on any atom is -0.320 e. The molecule has 1 aliphatic rings. The largest absolute Gasteiger partial charge is 0.337 e. The first-order valence-corrected chi connectivity index (χ1v) is 10.4. The summed E-state index contributed by atoms with van der Waals surface area (Å²) in [6.07, 6.45) is 3.73. The number of aryl methyl sites for hydroxylation is 1. The van der Waals surface area contributed by atoms with E-state index in [1.54, 1.807) is 30.6 Å². The highest BCUT2D eigenvalue weighted by molar-refractivity contribution is 6.30. The lowest BCUT2D eigenvalue weighted by atomic mass is 10.1. The number of nitrogens with zero attached hydrogens (tertiary/aromatic N) is 4. The van der Waals surface area contributed by atoms with Crippen molar-refractivity contribution in [3.05, 3.63) is 91.8 Å². The number of hydrogen-bond acceptors (Lipinski definition) is 3. The molecular weight excluding hydrogens is 400 g/mol. The van der Waals surface area contributed by atoms with E-state index in [4.69, 9.17) is 11.6 Å². The van der Waals surface area contributed by atoms with Crippen LogP contribution in [0.5, 0.6) is 0 Å². The van der Waals surface area contributed by atoms with Crippen LogP contribution in [0.1, 0.15) is 24.0 Å². The molecule has 0 amide bonds. The molecule has 0 saturated heterocycles. The summed E-state index contributed by atoms with van der Waals surface area (Å²) >= 11 is 6.18. The van der Waals surface area contributed by atoms with Crippen LogP contribution in [-0.2, 0) is 13.1 Å². The fraction of sp³-hybridized carbons (Fsp3) is 0.261. The first kappa shape index (κ1) is 18.9. The molecule has 1 saturated carbocycles. The van der Waals surface area contributed by atoms with Gasteiger partial charge in [0.1, 0.15) is 0 Å². The van der Waals surface area contributed by atoms with E-state index in [1.807, 2.05) is 35.8 Å². The molecule has 30 heavy (non-hydrogen) atoms. The molecule has 2 aromatic carbocycles. The smallest absolute Gasteiger partial charge is 0.320 e. The zero-order valence-electron chi connectivity index (χ0n) is 16.6. The van der Waals surface area contributed by atoms with Gasteiger partial charge in [0.25, 0.3) is 5.56 Å². The van der Waals surface area contributed by atoms with Crippen LogP contribution in [0.2, 0.25) is 5.02 Å². The van der Waals surface area contributed by atoms with Gasteiger partial charge in [-0.05, 0) is 55.0 Å². The predicted molar refractivity (Wildman–Crippen MR) is 118 cm³/mol. The Morgan fingerprint density at radius 1 is 1.10 bits per heavy atom. The van der Waals surface area contributed by atoms with Crippen LogP contribution in [0.4, 0.5) is 0 Å². The van der Waals surface area contributed by atoms with Gasteiger partial charge in [0, 0.05) is 18.1 Å². The lowest BCUT2D eigenvalue weighted by Gasteiger charge is -2.13. The van der Waals surface area contributed by atoms with E-state index < -0.39 is 0 Å². The monoisotopic (exact) mass is 420 g/mol. The first-order chi connectivity index (χ1) is 14.5. The summed E-state index contributed by atoms with van der Waals surface area (Å²) in [7, 11) is 0. The van der Waals surface area contributed by atoms with Gasteiger partial charge in [0.2, 0.25) is 0 Å². The van der Waals surface area contributed by atoms with Gasteiger partial charge in [-0.3, -0.25) is 9.36 Å². The number of fused-ring (bicyclic) bond motifs is 1. The van der Waals surface area contributed by atoms with Crippen molar-refractivity contribution >= 4 is 22.8 Å². The number of imidazole rings is 1. The van der Waals surface area contributed by atoms with Gasteiger partial charge in [-0.25, -0.2) is 14.3 Å². The highest BCUT2D eigenvalue weighted by Crippen LogP contribution is 2.30. The predicted octanol–water partition coefficient (Wildman–Crippen LogP) is 3.77. The van der Waals surface area contributed by atoms with Crippen LogP contribution in [0.15, 0.2) is 64.4 Å². The summed E-state index contributed by atoms with van der Waals surface area (Å²) in [5.74, 6) is 0.383.